The van der Waals surface area contributed by atoms with E-state index in [4.69, 9.17) is 0 Å². The van der Waals surface area contributed by atoms with Gasteiger partial charge in [-0.2, -0.15) is 5.10 Å². The van der Waals surface area contributed by atoms with Crippen LogP contribution in [-0.2, 0) is 0 Å². The molecule has 0 fully saturated rings. The van der Waals surface area contributed by atoms with Crippen molar-refractivity contribution in [3.63, 3.8) is 0 Å². The van der Waals surface area contributed by atoms with E-state index in [0.29, 0.717) is 11.3 Å². The molecule has 3 rings (SSSR count). The Labute approximate surface area is 140 Å². The van der Waals surface area contributed by atoms with E-state index in [-0.39, 0.29) is 5.75 Å². The summed E-state index contributed by atoms with van der Waals surface area (Å²) in [7, 11) is 0. The Hall–Kier alpha value is -3.29. The fourth-order valence-corrected chi connectivity index (χ4v) is 2.11. The summed E-state index contributed by atoms with van der Waals surface area (Å²) in [6.45, 7) is 0. The van der Waals surface area contributed by atoms with Crippen LogP contribution >= 0.6 is 0 Å². The molecule has 5 nitrogen and oxygen atoms in total. The molecule has 1 aromatic heterocycles. The summed E-state index contributed by atoms with van der Waals surface area (Å²) in [5, 5.41) is 6.70. The molecule has 0 spiro atoms. The van der Waals surface area contributed by atoms with Crippen molar-refractivity contribution in [2.75, 3.05) is 5.32 Å². The number of alkyl halides is 3. The van der Waals surface area contributed by atoms with Gasteiger partial charge in [0.05, 0.1) is 17.4 Å². The molecule has 0 bridgehead atoms. The average molecular weight is 347 g/mol. The molecule has 3 aromatic rings. The van der Waals surface area contributed by atoms with Crippen molar-refractivity contribution in [1.29, 1.82) is 0 Å². The van der Waals surface area contributed by atoms with Crippen molar-refractivity contribution in [1.82, 2.24) is 9.78 Å². The second kappa shape index (κ2) is 6.68. The molecule has 0 unspecified atom stereocenters. The van der Waals surface area contributed by atoms with E-state index < -0.39 is 12.3 Å². The Balaban J connectivity index is 1.67. The van der Waals surface area contributed by atoms with E-state index in [9.17, 15) is 18.0 Å². The van der Waals surface area contributed by atoms with Crippen LogP contribution in [-0.4, -0.2) is 22.1 Å². The minimum atomic E-state index is -4.75. The number of anilines is 1. The van der Waals surface area contributed by atoms with Gasteiger partial charge in [0.1, 0.15) is 5.75 Å². The van der Waals surface area contributed by atoms with E-state index in [1.54, 1.807) is 10.9 Å². The number of rotatable bonds is 4. The predicted octanol–water partition coefficient (Wildman–Crippen LogP) is 4.02. The Morgan fingerprint density at radius 1 is 1.04 bits per heavy atom. The number of hydrogen-bond acceptors (Lipinski definition) is 3. The topological polar surface area (TPSA) is 56.1 Å². The second-order valence-corrected chi connectivity index (χ2v) is 5.04. The maximum absolute atomic E-state index is 12.2. The zero-order chi connectivity index (χ0) is 17.9. The van der Waals surface area contributed by atoms with Crippen LogP contribution in [0.3, 0.4) is 0 Å². The van der Waals surface area contributed by atoms with Gasteiger partial charge in [0.25, 0.3) is 5.91 Å². The van der Waals surface area contributed by atoms with Crippen LogP contribution in [0.15, 0.2) is 67.0 Å². The lowest BCUT2D eigenvalue weighted by molar-refractivity contribution is -0.274. The van der Waals surface area contributed by atoms with Crippen LogP contribution in [0.4, 0.5) is 18.9 Å². The minimum Gasteiger partial charge on any atom is -0.406 e. The molecule has 2 aromatic carbocycles. The van der Waals surface area contributed by atoms with Gasteiger partial charge in [0.2, 0.25) is 0 Å². The SMILES string of the molecule is O=C(Nc1ccc(OC(F)(F)F)cc1)c1cnn(-c2ccccc2)c1. The number of halogens is 3. The van der Waals surface area contributed by atoms with Gasteiger partial charge in [-0.15, -0.1) is 13.2 Å². The molecular weight excluding hydrogens is 335 g/mol. The normalized spacial score (nSPS) is 11.2. The third-order valence-electron chi connectivity index (χ3n) is 3.21. The smallest absolute Gasteiger partial charge is 0.406 e. The number of nitrogens with one attached hydrogen (secondary N) is 1. The van der Waals surface area contributed by atoms with Crippen molar-refractivity contribution < 1.29 is 22.7 Å². The number of hydrogen-bond donors (Lipinski definition) is 1. The van der Waals surface area contributed by atoms with E-state index in [1.807, 2.05) is 30.3 Å². The fraction of sp³-hybridized carbons (Fsp3) is 0.0588. The van der Waals surface area contributed by atoms with E-state index in [0.717, 1.165) is 17.8 Å². The van der Waals surface area contributed by atoms with Crippen molar-refractivity contribution in [3.05, 3.63) is 72.6 Å². The molecule has 1 N–H and O–H groups in total. The molecule has 25 heavy (non-hydrogen) atoms. The Morgan fingerprint density at radius 3 is 2.36 bits per heavy atom. The number of carbonyl (C=O) groups excluding carboxylic acids is 1. The summed E-state index contributed by atoms with van der Waals surface area (Å²) in [5.74, 6) is -0.783. The van der Waals surface area contributed by atoms with Gasteiger partial charge in [-0.05, 0) is 36.4 Å². The highest BCUT2D eigenvalue weighted by Gasteiger charge is 2.30. The van der Waals surface area contributed by atoms with Crippen molar-refractivity contribution in [2.45, 2.75) is 6.36 Å². The zero-order valence-electron chi connectivity index (χ0n) is 12.7. The highest BCUT2D eigenvalue weighted by Crippen LogP contribution is 2.24. The molecule has 0 aliphatic carbocycles. The summed E-state index contributed by atoms with van der Waals surface area (Å²) in [5.41, 5.74) is 1.46. The van der Waals surface area contributed by atoms with Gasteiger partial charge < -0.3 is 10.1 Å². The third kappa shape index (κ3) is 4.37. The highest BCUT2D eigenvalue weighted by atomic mass is 19.4. The van der Waals surface area contributed by atoms with Crippen LogP contribution in [0, 0.1) is 0 Å². The van der Waals surface area contributed by atoms with E-state index >= 15 is 0 Å². The lowest BCUT2D eigenvalue weighted by Crippen LogP contribution is -2.17. The Kier molecular flexibility index (Phi) is 4.42. The molecule has 0 saturated heterocycles. The molecule has 0 atom stereocenters. The molecule has 0 radical (unpaired) electrons. The maximum Gasteiger partial charge on any atom is 0.573 e. The predicted molar refractivity (Wildman–Crippen MR) is 84.6 cm³/mol. The van der Waals surface area contributed by atoms with Crippen molar-refractivity contribution in [2.24, 2.45) is 0 Å². The van der Waals surface area contributed by atoms with Gasteiger partial charge >= 0.3 is 6.36 Å². The van der Waals surface area contributed by atoms with Gasteiger partial charge in [0, 0.05) is 11.9 Å². The number of aromatic nitrogens is 2. The number of nitrogens with zero attached hydrogens (tertiary/aromatic N) is 2. The van der Waals surface area contributed by atoms with Crippen LogP contribution < -0.4 is 10.1 Å². The third-order valence-corrected chi connectivity index (χ3v) is 3.21. The van der Waals surface area contributed by atoms with Crippen LogP contribution in [0.1, 0.15) is 10.4 Å². The largest absolute Gasteiger partial charge is 0.573 e. The minimum absolute atomic E-state index is 0.319. The molecular formula is C17H12F3N3O2. The molecule has 8 heteroatoms. The summed E-state index contributed by atoms with van der Waals surface area (Å²) in [4.78, 5) is 12.2. The lowest BCUT2D eigenvalue weighted by Gasteiger charge is -2.09. The van der Waals surface area contributed by atoms with Crippen molar-refractivity contribution >= 4 is 11.6 Å². The Bertz CT molecular complexity index is 859. The van der Waals surface area contributed by atoms with Crippen LogP contribution in [0.5, 0.6) is 5.75 Å². The summed E-state index contributed by atoms with van der Waals surface area (Å²) in [6.07, 6.45) is -1.79. The molecule has 128 valence electrons. The summed E-state index contributed by atoms with van der Waals surface area (Å²) >= 11 is 0. The van der Waals surface area contributed by atoms with Crippen LogP contribution in [0.2, 0.25) is 0 Å². The number of amides is 1. The fourth-order valence-electron chi connectivity index (χ4n) is 2.11. The first-order valence-corrected chi connectivity index (χ1v) is 7.18. The molecule has 0 saturated carbocycles. The maximum atomic E-state index is 12.2. The lowest BCUT2D eigenvalue weighted by atomic mass is 10.2. The molecule has 1 heterocycles. The van der Waals surface area contributed by atoms with E-state index in [1.165, 1.54) is 18.3 Å². The van der Waals surface area contributed by atoms with Gasteiger partial charge in [-0.1, -0.05) is 18.2 Å². The van der Waals surface area contributed by atoms with Crippen molar-refractivity contribution in [3.8, 4) is 11.4 Å². The van der Waals surface area contributed by atoms with Gasteiger partial charge in [-0.3, -0.25) is 4.79 Å². The van der Waals surface area contributed by atoms with Crippen LogP contribution in [0.25, 0.3) is 5.69 Å². The summed E-state index contributed by atoms with van der Waals surface area (Å²) in [6, 6.07) is 14.1. The number of carbonyl (C=O) groups is 1. The Morgan fingerprint density at radius 2 is 1.72 bits per heavy atom. The second-order valence-electron chi connectivity index (χ2n) is 5.04. The van der Waals surface area contributed by atoms with Gasteiger partial charge in [-0.25, -0.2) is 4.68 Å². The zero-order valence-corrected chi connectivity index (χ0v) is 12.7. The summed E-state index contributed by atoms with van der Waals surface area (Å²) < 4.78 is 41.7. The number of ether oxygens (including phenoxy) is 1. The molecule has 0 aliphatic rings. The first kappa shape index (κ1) is 16.6. The first-order chi connectivity index (χ1) is 11.9. The number of benzene rings is 2. The standard InChI is InChI=1S/C17H12F3N3O2/c18-17(19,20)25-15-8-6-13(7-9-15)22-16(24)12-10-21-23(11-12)14-4-2-1-3-5-14/h1-11H,(H,22,24). The quantitative estimate of drug-likeness (QED) is 0.775. The molecule has 1 amide bonds. The first-order valence-electron chi connectivity index (χ1n) is 7.18. The monoisotopic (exact) mass is 347 g/mol. The average Bonchev–Trinajstić information content (AvgIpc) is 3.06. The highest BCUT2D eigenvalue weighted by molar-refractivity contribution is 6.04. The van der Waals surface area contributed by atoms with E-state index in [2.05, 4.69) is 15.2 Å². The molecule has 0 aliphatic heterocycles. The number of para-hydroxylation sites is 1. The van der Waals surface area contributed by atoms with Gasteiger partial charge in [0.15, 0.2) is 0 Å².